The predicted octanol–water partition coefficient (Wildman–Crippen LogP) is 5.32. The zero-order valence-electron chi connectivity index (χ0n) is 15.0. The third-order valence-electron chi connectivity index (χ3n) is 5.53. The third-order valence-corrected chi connectivity index (χ3v) is 5.53. The Balaban J connectivity index is 2.02. The maximum absolute atomic E-state index is 11.0. The van der Waals surface area contributed by atoms with E-state index in [0.717, 1.165) is 12.0 Å². The van der Waals surface area contributed by atoms with Crippen LogP contribution < -0.4 is 0 Å². The topological polar surface area (TPSA) is 37.3 Å². The molecule has 0 unspecified atom stereocenters. The summed E-state index contributed by atoms with van der Waals surface area (Å²) in [6.45, 7) is 9.37. The van der Waals surface area contributed by atoms with Gasteiger partial charge in [0.1, 0.15) is 0 Å². The van der Waals surface area contributed by atoms with Gasteiger partial charge in [0.25, 0.3) is 0 Å². The lowest BCUT2D eigenvalue weighted by molar-refractivity contribution is 0.0697. The lowest BCUT2D eigenvalue weighted by Gasteiger charge is -2.43. The molecule has 2 aromatic rings. The highest BCUT2D eigenvalue weighted by atomic mass is 16.4. The maximum atomic E-state index is 11.0. The summed E-state index contributed by atoms with van der Waals surface area (Å²) in [6.07, 6.45) is 3.26. The molecule has 2 aromatic carbocycles. The van der Waals surface area contributed by atoms with Crippen LogP contribution in [0.1, 0.15) is 73.1 Å². The molecule has 0 amide bonds. The van der Waals surface area contributed by atoms with Gasteiger partial charge in [0.15, 0.2) is 0 Å². The minimum Gasteiger partial charge on any atom is -0.478 e. The molecule has 0 saturated carbocycles. The van der Waals surface area contributed by atoms with E-state index in [1.165, 1.54) is 29.5 Å². The monoisotopic (exact) mass is 322 g/mol. The number of carboxylic acids is 1. The summed E-state index contributed by atoms with van der Waals surface area (Å²) in [5, 5.41) is 9.05. The van der Waals surface area contributed by atoms with Crippen LogP contribution in [0.25, 0.3) is 0 Å². The fourth-order valence-electron chi connectivity index (χ4n) is 3.98. The van der Waals surface area contributed by atoms with Crippen molar-refractivity contribution in [3.8, 4) is 0 Å². The van der Waals surface area contributed by atoms with Crippen LogP contribution in [0.15, 0.2) is 42.5 Å². The molecule has 1 N–H and O–H groups in total. The number of aromatic carboxylic acids is 1. The maximum Gasteiger partial charge on any atom is 0.335 e. The minimum atomic E-state index is -0.874. The molecule has 0 atom stereocenters. The van der Waals surface area contributed by atoms with E-state index in [9.17, 15) is 4.79 Å². The third kappa shape index (κ3) is 2.98. The highest BCUT2D eigenvalue weighted by Crippen LogP contribution is 2.47. The Morgan fingerprint density at radius 2 is 1.58 bits per heavy atom. The molecule has 126 valence electrons. The van der Waals surface area contributed by atoms with Crippen LogP contribution >= 0.6 is 0 Å². The molecular weight excluding hydrogens is 296 g/mol. The Kier molecular flexibility index (Phi) is 4.03. The van der Waals surface area contributed by atoms with Gasteiger partial charge in [-0.15, -0.1) is 0 Å². The van der Waals surface area contributed by atoms with Crippen molar-refractivity contribution >= 4 is 5.97 Å². The molecule has 0 aliphatic heterocycles. The number of benzene rings is 2. The molecule has 0 heterocycles. The molecule has 24 heavy (non-hydrogen) atoms. The first-order chi connectivity index (χ1) is 11.2. The van der Waals surface area contributed by atoms with Crippen LogP contribution in [0.3, 0.4) is 0 Å². The van der Waals surface area contributed by atoms with E-state index in [4.69, 9.17) is 5.11 Å². The highest BCUT2D eigenvalue weighted by Gasteiger charge is 2.38. The highest BCUT2D eigenvalue weighted by molar-refractivity contribution is 5.87. The Bertz CT molecular complexity index is 767. The summed E-state index contributed by atoms with van der Waals surface area (Å²) in [4.78, 5) is 11.0. The molecule has 0 aromatic heterocycles. The van der Waals surface area contributed by atoms with Crippen LogP contribution in [0.2, 0.25) is 0 Å². The predicted molar refractivity (Wildman–Crippen MR) is 97.9 cm³/mol. The quantitative estimate of drug-likeness (QED) is 0.830. The van der Waals surface area contributed by atoms with E-state index < -0.39 is 5.97 Å². The van der Waals surface area contributed by atoms with E-state index in [1.54, 1.807) is 12.1 Å². The molecule has 2 heteroatoms. The van der Waals surface area contributed by atoms with Gasteiger partial charge >= 0.3 is 5.97 Å². The van der Waals surface area contributed by atoms with Gasteiger partial charge in [-0.2, -0.15) is 0 Å². The van der Waals surface area contributed by atoms with Crippen molar-refractivity contribution in [1.82, 2.24) is 0 Å². The van der Waals surface area contributed by atoms with E-state index >= 15 is 0 Å². The molecule has 0 radical (unpaired) electrons. The second-order valence-corrected chi connectivity index (χ2v) is 8.29. The summed E-state index contributed by atoms with van der Waals surface area (Å²) in [5.41, 5.74) is 6.23. The summed E-state index contributed by atoms with van der Waals surface area (Å²) in [5.74, 6) is -0.874. The van der Waals surface area contributed by atoms with E-state index in [2.05, 4.69) is 45.9 Å². The zero-order chi connectivity index (χ0) is 17.5. The fraction of sp³-hybridized carbons (Fsp3) is 0.409. The number of carboxylic acid groups (broad SMARTS) is 1. The molecule has 0 fully saturated rings. The van der Waals surface area contributed by atoms with E-state index in [1.807, 2.05) is 12.1 Å². The second-order valence-electron chi connectivity index (χ2n) is 8.29. The standard InChI is InChI=1S/C22H26O2/c1-21(2)12-13-22(3,4)19-17(6-5-7-18(19)21)14-15-8-10-16(11-9-15)20(23)24/h5-11H,12-14H2,1-4H3,(H,23,24). The van der Waals surface area contributed by atoms with Crippen LogP contribution in [-0.2, 0) is 17.3 Å². The molecule has 3 rings (SSSR count). The fourth-order valence-corrected chi connectivity index (χ4v) is 3.98. The van der Waals surface area contributed by atoms with Gasteiger partial charge in [-0.25, -0.2) is 4.79 Å². The lowest BCUT2D eigenvalue weighted by atomic mass is 9.61. The van der Waals surface area contributed by atoms with Gasteiger partial charge in [-0.1, -0.05) is 58.0 Å². The number of hydrogen-bond acceptors (Lipinski definition) is 1. The summed E-state index contributed by atoms with van der Waals surface area (Å²) < 4.78 is 0. The van der Waals surface area contributed by atoms with Crippen LogP contribution in [0, 0.1) is 0 Å². The average Bonchev–Trinajstić information content (AvgIpc) is 2.52. The summed E-state index contributed by atoms with van der Waals surface area (Å²) in [6, 6.07) is 13.9. The van der Waals surface area contributed by atoms with Gasteiger partial charge in [0, 0.05) is 0 Å². The SMILES string of the molecule is CC1(C)CCC(C)(C)c2c(Cc3ccc(C(=O)O)cc3)cccc21. The molecular formula is C22H26O2. The molecule has 0 spiro atoms. The van der Waals surface area contributed by atoms with Crippen molar-refractivity contribution in [1.29, 1.82) is 0 Å². The van der Waals surface area contributed by atoms with Gasteiger partial charge in [-0.3, -0.25) is 0 Å². The van der Waals surface area contributed by atoms with Crippen LogP contribution in [-0.4, -0.2) is 11.1 Å². The minimum absolute atomic E-state index is 0.183. The van der Waals surface area contributed by atoms with Crippen LogP contribution in [0.4, 0.5) is 0 Å². The Morgan fingerprint density at radius 1 is 0.958 bits per heavy atom. The smallest absolute Gasteiger partial charge is 0.335 e. The van der Waals surface area contributed by atoms with E-state index in [-0.39, 0.29) is 10.8 Å². The van der Waals surface area contributed by atoms with E-state index in [0.29, 0.717) is 5.56 Å². The van der Waals surface area contributed by atoms with Crippen molar-refractivity contribution in [2.24, 2.45) is 0 Å². The van der Waals surface area contributed by atoms with Gasteiger partial charge in [0.05, 0.1) is 5.56 Å². The summed E-state index contributed by atoms with van der Waals surface area (Å²) >= 11 is 0. The van der Waals surface area contributed by atoms with Gasteiger partial charge < -0.3 is 5.11 Å². The number of hydrogen-bond donors (Lipinski definition) is 1. The number of carbonyl (C=O) groups is 1. The van der Waals surface area contributed by atoms with Crippen LogP contribution in [0.5, 0.6) is 0 Å². The second kappa shape index (κ2) is 5.77. The van der Waals surface area contributed by atoms with Crippen molar-refractivity contribution in [3.63, 3.8) is 0 Å². The van der Waals surface area contributed by atoms with Crippen molar-refractivity contribution in [2.75, 3.05) is 0 Å². The normalized spacial score (nSPS) is 18.0. The largest absolute Gasteiger partial charge is 0.478 e. The molecule has 1 aliphatic carbocycles. The molecule has 0 bridgehead atoms. The Labute approximate surface area is 144 Å². The Hall–Kier alpha value is -2.09. The Morgan fingerprint density at radius 3 is 2.21 bits per heavy atom. The van der Waals surface area contributed by atoms with Gasteiger partial charge in [-0.05, 0) is 64.5 Å². The van der Waals surface area contributed by atoms with Gasteiger partial charge in [0.2, 0.25) is 0 Å². The molecule has 2 nitrogen and oxygen atoms in total. The first kappa shape index (κ1) is 16.8. The molecule has 0 saturated heterocycles. The van der Waals surface area contributed by atoms with Crippen molar-refractivity contribution in [3.05, 3.63) is 70.3 Å². The first-order valence-corrected chi connectivity index (χ1v) is 8.66. The summed E-state index contributed by atoms with van der Waals surface area (Å²) in [7, 11) is 0. The average molecular weight is 322 g/mol. The first-order valence-electron chi connectivity index (χ1n) is 8.66. The zero-order valence-corrected chi connectivity index (χ0v) is 15.0. The van der Waals surface area contributed by atoms with Crippen molar-refractivity contribution in [2.45, 2.75) is 57.8 Å². The lowest BCUT2D eigenvalue weighted by Crippen LogP contribution is -2.35. The number of fused-ring (bicyclic) bond motifs is 1. The molecule has 1 aliphatic rings. The number of rotatable bonds is 3. The van der Waals surface area contributed by atoms with Crippen molar-refractivity contribution < 1.29 is 9.90 Å².